The Morgan fingerprint density at radius 3 is 2.71 bits per heavy atom. The van der Waals surface area contributed by atoms with E-state index >= 15 is 0 Å². The minimum absolute atomic E-state index is 0.148. The van der Waals surface area contributed by atoms with E-state index in [2.05, 4.69) is 4.52 Å². The fourth-order valence-corrected chi connectivity index (χ4v) is 1.84. The molecule has 0 bridgehead atoms. The Balaban J connectivity index is 2.68. The lowest BCUT2D eigenvalue weighted by Gasteiger charge is -2.19. The van der Waals surface area contributed by atoms with Crippen LogP contribution in [-0.2, 0) is 13.9 Å². The van der Waals surface area contributed by atoms with E-state index in [-0.39, 0.29) is 5.57 Å². The van der Waals surface area contributed by atoms with Gasteiger partial charge in [-0.3, -0.25) is 4.52 Å². The van der Waals surface area contributed by atoms with Crippen LogP contribution in [0.2, 0.25) is 0 Å². The van der Waals surface area contributed by atoms with Gasteiger partial charge in [0, 0.05) is 5.57 Å². The molecule has 0 radical (unpaired) electrons. The minimum atomic E-state index is -4.53. The van der Waals surface area contributed by atoms with Gasteiger partial charge in [0.05, 0.1) is 6.10 Å². The Morgan fingerprint density at radius 2 is 2.21 bits per heavy atom. The van der Waals surface area contributed by atoms with E-state index in [1.54, 1.807) is 0 Å². The molecule has 6 nitrogen and oxygen atoms in total. The SMILES string of the molecule is O=C(O)C1=C[C@@H](OP(=O)(O)O)CCC1. The van der Waals surface area contributed by atoms with Gasteiger partial charge in [0.1, 0.15) is 0 Å². The van der Waals surface area contributed by atoms with Crippen molar-refractivity contribution in [1.82, 2.24) is 0 Å². The maximum Gasteiger partial charge on any atom is 0.470 e. The molecule has 0 heterocycles. The molecule has 0 saturated heterocycles. The Morgan fingerprint density at radius 1 is 1.57 bits per heavy atom. The van der Waals surface area contributed by atoms with Crippen molar-refractivity contribution in [3.8, 4) is 0 Å². The topological polar surface area (TPSA) is 104 Å². The first-order valence-electron chi connectivity index (χ1n) is 4.06. The van der Waals surface area contributed by atoms with E-state index in [1.807, 2.05) is 0 Å². The van der Waals surface area contributed by atoms with Crippen molar-refractivity contribution < 1.29 is 28.8 Å². The van der Waals surface area contributed by atoms with E-state index < -0.39 is 19.9 Å². The molecule has 0 amide bonds. The predicted molar refractivity (Wildman–Crippen MR) is 46.5 cm³/mol. The van der Waals surface area contributed by atoms with Crippen LogP contribution in [0, 0.1) is 0 Å². The number of hydrogen-bond acceptors (Lipinski definition) is 3. The molecule has 1 atom stereocenters. The fourth-order valence-electron chi connectivity index (χ4n) is 1.32. The highest BCUT2D eigenvalue weighted by molar-refractivity contribution is 7.46. The normalized spacial score (nSPS) is 23.0. The van der Waals surface area contributed by atoms with Gasteiger partial charge < -0.3 is 14.9 Å². The Bertz CT molecular complexity index is 303. The van der Waals surface area contributed by atoms with Crippen molar-refractivity contribution in [2.24, 2.45) is 0 Å². The second-order valence-electron chi connectivity index (χ2n) is 3.02. The van der Waals surface area contributed by atoms with Crippen molar-refractivity contribution in [2.75, 3.05) is 0 Å². The molecule has 1 aliphatic carbocycles. The van der Waals surface area contributed by atoms with E-state index in [0.717, 1.165) is 0 Å². The summed E-state index contributed by atoms with van der Waals surface area (Å²) in [7, 11) is -4.53. The van der Waals surface area contributed by atoms with E-state index in [0.29, 0.717) is 19.3 Å². The highest BCUT2D eigenvalue weighted by Gasteiger charge is 2.24. The summed E-state index contributed by atoms with van der Waals surface area (Å²) in [6.45, 7) is 0. The number of phosphoric ester groups is 1. The third-order valence-corrected chi connectivity index (χ3v) is 2.41. The molecule has 0 aromatic heterocycles. The summed E-state index contributed by atoms with van der Waals surface area (Å²) < 4.78 is 14.9. The fraction of sp³-hybridized carbons (Fsp3) is 0.571. The van der Waals surface area contributed by atoms with E-state index in [1.165, 1.54) is 6.08 Å². The zero-order valence-electron chi connectivity index (χ0n) is 7.29. The number of rotatable bonds is 3. The van der Waals surface area contributed by atoms with Crippen molar-refractivity contribution in [2.45, 2.75) is 25.4 Å². The van der Waals surface area contributed by atoms with Crippen molar-refractivity contribution in [1.29, 1.82) is 0 Å². The summed E-state index contributed by atoms with van der Waals surface area (Å²) in [6.07, 6.45) is 1.86. The lowest BCUT2D eigenvalue weighted by molar-refractivity contribution is -0.133. The van der Waals surface area contributed by atoms with Gasteiger partial charge in [0.25, 0.3) is 0 Å². The molecule has 0 aromatic rings. The first-order valence-corrected chi connectivity index (χ1v) is 5.59. The number of carbonyl (C=O) groups is 1. The van der Waals surface area contributed by atoms with Crippen LogP contribution in [0.15, 0.2) is 11.6 Å². The Kier molecular flexibility index (Phi) is 3.44. The number of carboxylic acid groups (broad SMARTS) is 1. The van der Waals surface area contributed by atoms with Crippen molar-refractivity contribution in [3.05, 3.63) is 11.6 Å². The van der Waals surface area contributed by atoms with Crippen molar-refractivity contribution >= 4 is 13.8 Å². The molecule has 80 valence electrons. The van der Waals surface area contributed by atoms with Crippen molar-refractivity contribution in [3.63, 3.8) is 0 Å². The number of phosphoric acid groups is 1. The van der Waals surface area contributed by atoms with Gasteiger partial charge in [0.2, 0.25) is 0 Å². The average molecular weight is 222 g/mol. The molecule has 0 aliphatic heterocycles. The summed E-state index contributed by atoms with van der Waals surface area (Å²) >= 11 is 0. The van der Waals surface area contributed by atoms with E-state index in [4.69, 9.17) is 14.9 Å². The lowest BCUT2D eigenvalue weighted by atomic mass is 9.98. The second-order valence-corrected chi connectivity index (χ2v) is 4.22. The molecule has 7 heteroatoms. The highest BCUT2D eigenvalue weighted by atomic mass is 31.2. The molecule has 1 rings (SSSR count). The zero-order chi connectivity index (χ0) is 10.8. The predicted octanol–water partition coefficient (Wildman–Crippen LogP) is 0.659. The summed E-state index contributed by atoms with van der Waals surface area (Å²) in [5.41, 5.74) is 0.148. The van der Waals surface area contributed by atoms with Gasteiger partial charge in [0.15, 0.2) is 0 Å². The third kappa shape index (κ3) is 3.59. The first kappa shape index (κ1) is 11.4. The number of aliphatic carboxylic acids is 1. The van der Waals surface area contributed by atoms with Gasteiger partial charge in [-0.05, 0) is 25.3 Å². The molecular weight excluding hydrogens is 211 g/mol. The van der Waals surface area contributed by atoms with Crippen LogP contribution in [0.4, 0.5) is 0 Å². The number of carboxylic acids is 1. The van der Waals surface area contributed by atoms with E-state index in [9.17, 15) is 9.36 Å². The molecular formula is C7H11O6P. The quantitative estimate of drug-likeness (QED) is 0.606. The summed E-state index contributed by atoms with van der Waals surface area (Å²) in [5, 5.41) is 8.64. The second kappa shape index (κ2) is 4.23. The Hall–Kier alpha value is -0.680. The minimum Gasteiger partial charge on any atom is -0.478 e. The zero-order valence-corrected chi connectivity index (χ0v) is 8.18. The summed E-state index contributed by atoms with van der Waals surface area (Å²) in [6, 6.07) is 0. The highest BCUT2D eigenvalue weighted by Crippen LogP contribution is 2.40. The van der Waals surface area contributed by atoms with Gasteiger partial charge in [-0.15, -0.1) is 0 Å². The van der Waals surface area contributed by atoms with Crippen LogP contribution in [-0.4, -0.2) is 27.0 Å². The maximum atomic E-state index is 10.5. The summed E-state index contributed by atoms with van der Waals surface area (Å²) in [5.74, 6) is -1.07. The molecule has 0 saturated carbocycles. The van der Waals surface area contributed by atoms with Gasteiger partial charge in [-0.25, -0.2) is 9.36 Å². The van der Waals surface area contributed by atoms with Crippen LogP contribution in [0.3, 0.4) is 0 Å². The van der Waals surface area contributed by atoms with Gasteiger partial charge in [-0.2, -0.15) is 0 Å². The molecule has 3 N–H and O–H groups in total. The molecule has 0 aromatic carbocycles. The largest absolute Gasteiger partial charge is 0.478 e. The molecule has 1 aliphatic rings. The molecule has 0 unspecified atom stereocenters. The van der Waals surface area contributed by atoms with Crippen LogP contribution in [0.1, 0.15) is 19.3 Å². The van der Waals surface area contributed by atoms with Crippen LogP contribution in [0.25, 0.3) is 0 Å². The van der Waals surface area contributed by atoms with Crippen LogP contribution < -0.4 is 0 Å². The summed E-state index contributed by atoms with van der Waals surface area (Å²) in [4.78, 5) is 27.6. The van der Waals surface area contributed by atoms with Crippen LogP contribution in [0.5, 0.6) is 0 Å². The third-order valence-electron chi connectivity index (χ3n) is 1.87. The average Bonchev–Trinajstić information content (AvgIpc) is 2.01. The maximum absolute atomic E-state index is 10.5. The smallest absolute Gasteiger partial charge is 0.470 e. The molecule has 0 fully saturated rings. The standard InChI is InChI=1S/C7H11O6P/c8-7(9)5-2-1-3-6(4-5)13-14(10,11)12/h4,6H,1-3H2,(H,8,9)(H2,10,11,12)/t6-/m0/s1. The Labute approximate surface area is 80.4 Å². The van der Waals surface area contributed by atoms with Crippen LogP contribution >= 0.6 is 7.82 Å². The number of hydrogen-bond donors (Lipinski definition) is 3. The molecule has 0 spiro atoms. The molecule has 14 heavy (non-hydrogen) atoms. The monoisotopic (exact) mass is 222 g/mol. The lowest BCUT2D eigenvalue weighted by Crippen LogP contribution is -2.16. The van der Waals surface area contributed by atoms with Gasteiger partial charge in [-0.1, -0.05) is 0 Å². The van der Waals surface area contributed by atoms with Gasteiger partial charge >= 0.3 is 13.8 Å². The first-order chi connectivity index (χ1) is 6.38.